The van der Waals surface area contributed by atoms with Gasteiger partial charge in [-0.2, -0.15) is 0 Å². The molecule has 0 aromatic heterocycles. The lowest BCUT2D eigenvalue weighted by Crippen LogP contribution is -2.65. The molecular formula is C10H15N3O4. The Labute approximate surface area is 98.5 Å². The molecule has 1 rings (SSSR count). The Morgan fingerprint density at radius 1 is 1.41 bits per heavy atom. The second-order valence-corrected chi connectivity index (χ2v) is 3.77. The number of barbiturate groups is 1. The summed E-state index contributed by atoms with van der Waals surface area (Å²) < 4.78 is 0. The molecule has 7 heteroatoms. The summed E-state index contributed by atoms with van der Waals surface area (Å²) in [5.74, 6) is -1.96. The molecule has 2 N–H and O–H groups in total. The van der Waals surface area contributed by atoms with Gasteiger partial charge in [0, 0.05) is 13.5 Å². The van der Waals surface area contributed by atoms with Crippen LogP contribution in [0.2, 0.25) is 0 Å². The van der Waals surface area contributed by atoms with E-state index in [2.05, 4.69) is 5.32 Å². The first-order valence-corrected chi connectivity index (χ1v) is 5.40. The van der Waals surface area contributed by atoms with Crippen molar-refractivity contribution >= 4 is 23.8 Å². The molecule has 0 aromatic rings. The van der Waals surface area contributed by atoms with Crippen LogP contribution in [-0.2, 0) is 14.4 Å². The van der Waals surface area contributed by atoms with E-state index in [0.717, 1.165) is 11.3 Å². The third-order valence-electron chi connectivity index (χ3n) is 2.33. The van der Waals surface area contributed by atoms with Crippen LogP contribution in [0.25, 0.3) is 0 Å². The second kappa shape index (κ2) is 5.42. The predicted molar refractivity (Wildman–Crippen MR) is 57.8 cm³/mol. The highest BCUT2D eigenvalue weighted by molar-refractivity contribution is 6.19. The second-order valence-electron chi connectivity index (χ2n) is 3.77. The van der Waals surface area contributed by atoms with Crippen molar-refractivity contribution in [2.24, 2.45) is 0 Å². The van der Waals surface area contributed by atoms with E-state index in [-0.39, 0.29) is 6.54 Å². The van der Waals surface area contributed by atoms with Crippen LogP contribution in [0.5, 0.6) is 0 Å². The van der Waals surface area contributed by atoms with E-state index in [1.807, 2.05) is 12.2 Å². The SMILES string of the molecule is CCCCN1C(=O)NC(=O)C(NC(C)=O)C1=O. The predicted octanol–water partition coefficient (Wildman–Crippen LogP) is -0.630. The molecule has 1 unspecified atom stereocenters. The van der Waals surface area contributed by atoms with Crippen molar-refractivity contribution in [2.75, 3.05) is 6.54 Å². The lowest BCUT2D eigenvalue weighted by Gasteiger charge is -2.30. The molecule has 0 aromatic carbocycles. The first kappa shape index (κ1) is 13.1. The Balaban J connectivity index is 2.79. The molecule has 1 saturated heterocycles. The molecule has 1 atom stereocenters. The minimum absolute atomic E-state index is 0.241. The van der Waals surface area contributed by atoms with Crippen LogP contribution < -0.4 is 10.6 Å². The van der Waals surface area contributed by atoms with E-state index in [0.29, 0.717) is 6.42 Å². The number of amides is 5. The van der Waals surface area contributed by atoms with Gasteiger partial charge >= 0.3 is 6.03 Å². The molecule has 17 heavy (non-hydrogen) atoms. The Bertz CT molecular complexity index is 367. The average molecular weight is 241 g/mol. The molecule has 0 radical (unpaired) electrons. The van der Waals surface area contributed by atoms with Gasteiger partial charge in [0.15, 0.2) is 6.04 Å². The number of carbonyl (C=O) groups is 4. The van der Waals surface area contributed by atoms with Crippen molar-refractivity contribution in [2.45, 2.75) is 32.7 Å². The maximum absolute atomic E-state index is 11.8. The van der Waals surface area contributed by atoms with Crippen molar-refractivity contribution in [1.82, 2.24) is 15.5 Å². The topological polar surface area (TPSA) is 95.6 Å². The van der Waals surface area contributed by atoms with Crippen molar-refractivity contribution in [1.29, 1.82) is 0 Å². The van der Waals surface area contributed by atoms with Crippen LogP contribution in [0.3, 0.4) is 0 Å². The fraction of sp³-hybridized carbons (Fsp3) is 0.600. The lowest BCUT2D eigenvalue weighted by atomic mass is 10.2. The van der Waals surface area contributed by atoms with Crippen LogP contribution in [0, 0.1) is 0 Å². The number of hydrogen-bond acceptors (Lipinski definition) is 4. The van der Waals surface area contributed by atoms with Crippen molar-refractivity contribution < 1.29 is 19.2 Å². The van der Waals surface area contributed by atoms with Crippen molar-refractivity contribution in [3.63, 3.8) is 0 Å². The minimum Gasteiger partial charge on any atom is -0.337 e. The fourth-order valence-electron chi connectivity index (χ4n) is 1.47. The Morgan fingerprint density at radius 3 is 2.59 bits per heavy atom. The summed E-state index contributed by atoms with van der Waals surface area (Å²) in [6, 6.07) is -2.03. The summed E-state index contributed by atoms with van der Waals surface area (Å²) in [6.07, 6.45) is 1.47. The molecule has 94 valence electrons. The highest BCUT2D eigenvalue weighted by Crippen LogP contribution is 2.06. The summed E-state index contributed by atoms with van der Waals surface area (Å²) in [5, 5.41) is 4.25. The van der Waals surface area contributed by atoms with E-state index >= 15 is 0 Å². The summed E-state index contributed by atoms with van der Waals surface area (Å²) in [6.45, 7) is 3.36. The molecule has 5 amide bonds. The molecule has 0 spiro atoms. The molecule has 7 nitrogen and oxygen atoms in total. The number of imide groups is 2. The van der Waals surface area contributed by atoms with Gasteiger partial charge in [0.05, 0.1) is 0 Å². The van der Waals surface area contributed by atoms with Gasteiger partial charge in [-0.1, -0.05) is 13.3 Å². The number of nitrogens with zero attached hydrogens (tertiary/aromatic N) is 1. The van der Waals surface area contributed by atoms with Gasteiger partial charge in [0.1, 0.15) is 0 Å². The Hall–Kier alpha value is -1.92. The monoisotopic (exact) mass is 241 g/mol. The maximum Gasteiger partial charge on any atom is 0.330 e. The van der Waals surface area contributed by atoms with E-state index in [4.69, 9.17) is 0 Å². The Kier molecular flexibility index (Phi) is 4.19. The van der Waals surface area contributed by atoms with Crippen LogP contribution in [0.4, 0.5) is 4.79 Å². The van der Waals surface area contributed by atoms with E-state index in [1.165, 1.54) is 6.92 Å². The van der Waals surface area contributed by atoms with Crippen LogP contribution in [0.1, 0.15) is 26.7 Å². The van der Waals surface area contributed by atoms with Crippen LogP contribution in [-0.4, -0.2) is 41.2 Å². The molecule has 1 aliphatic rings. The first-order chi connectivity index (χ1) is 7.97. The quantitative estimate of drug-likeness (QED) is 0.640. The number of unbranched alkanes of at least 4 members (excludes halogenated alkanes) is 1. The number of carbonyl (C=O) groups excluding carboxylic acids is 4. The van der Waals surface area contributed by atoms with Gasteiger partial charge in [0.2, 0.25) is 5.91 Å². The summed E-state index contributed by atoms with van der Waals surface area (Å²) in [7, 11) is 0. The average Bonchev–Trinajstić information content (AvgIpc) is 2.23. The van der Waals surface area contributed by atoms with Crippen LogP contribution >= 0.6 is 0 Å². The smallest absolute Gasteiger partial charge is 0.330 e. The van der Waals surface area contributed by atoms with Gasteiger partial charge in [-0.05, 0) is 6.42 Å². The zero-order chi connectivity index (χ0) is 13.0. The maximum atomic E-state index is 11.8. The van der Waals surface area contributed by atoms with Crippen LogP contribution in [0.15, 0.2) is 0 Å². The zero-order valence-electron chi connectivity index (χ0n) is 9.78. The summed E-state index contributed by atoms with van der Waals surface area (Å²) in [5.41, 5.74) is 0. The number of rotatable bonds is 4. The first-order valence-electron chi connectivity index (χ1n) is 5.40. The molecule has 1 fully saturated rings. The standard InChI is InChI=1S/C10H15N3O4/c1-3-4-5-13-9(16)7(11-6(2)14)8(15)12-10(13)17/h7H,3-5H2,1-2H3,(H,11,14)(H,12,15,17). The molecule has 0 aliphatic carbocycles. The minimum atomic E-state index is -1.30. The number of hydrogen-bond donors (Lipinski definition) is 2. The molecule has 0 bridgehead atoms. The third-order valence-corrected chi connectivity index (χ3v) is 2.33. The number of urea groups is 1. The highest BCUT2D eigenvalue weighted by Gasteiger charge is 2.40. The van der Waals surface area contributed by atoms with E-state index in [9.17, 15) is 19.2 Å². The largest absolute Gasteiger partial charge is 0.337 e. The van der Waals surface area contributed by atoms with Gasteiger partial charge in [-0.3, -0.25) is 24.6 Å². The van der Waals surface area contributed by atoms with E-state index < -0.39 is 29.8 Å². The molecule has 0 saturated carbocycles. The van der Waals surface area contributed by atoms with Gasteiger partial charge in [-0.25, -0.2) is 4.79 Å². The Morgan fingerprint density at radius 2 is 2.06 bits per heavy atom. The summed E-state index contributed by atoms with van der Waals surface area (Å²) in [4.78, 5) is 46.4. The molecule has 1 aliphatic heterocycles. The van der Waals surface area contributed by atoms with Gasteiger partial charge < -0.3 is 5.32 Å². The van der Waals surface area contributed by atoms with Crippen molar-refractivity contribution in [3.05, 3.63) is 0 Å². The van der Waals surface area contributed by atoms with Gasteiger partial charge in [0.25, 0.3) is 11.8 Å². The normalized spacial score (nSPS) is 20.2. The number of nitrogens with one attached hydrogen (secondary N) is 2. The highest BCUT2D eigenvalue weighted by atomic mass is 16.2. The summed E-state index contributed by atoms with van der Waals surface area (Å²) >= 11 is 0. The molecule has 1 heterocycles. The lowest BCUT2D eigenvalue weighted by molar-refractivity contribution is -0.142. The fourth-order valence-corrected chi connectivity index (χ4v) is 1.47. The van der Waals surface area contributed by atoms with E-state index in [1.54, 1.807) is 0 Å². The third kappa shape index (κ3) is 3.02. The molecular weight excluding hydrogens is 226 g/mol. The van der Waals surface area contributed by atoms with Crippen molar-refractivity contribution in [3.8, 4) is 0 Å². The zero-order valence-corrected chi connectivity index (χ0v) is 9.78. The van der Waals surface area contributed by atoms with Gasteiger partial charge in [-0.15, -0.1) is 0 Å².